The Kier molecular flexibility index (Phi) is 4.41. The Morgan fingerprint density at radius 2 is 1.84 bits per heavy atom. The lowest BCUT2D eigenvalue weighted by Gasteiger charge is -2.29. The van der Waals surface area contributed by atoms with Crippen LogP contribution >= 0.6 is 15.9 Å². The maximum Gasteiger partial charge on any atom is 0.0594 e. The number of halogens is 1. The van der Waals surface area contributed by atoms with Gasteiger partial charge in [0.05, 0.1) is 13.2 Å². The summed E-state index contributed by atoms with van der Waals surface area (Å²) < 4.78 is 6.56. The fourth-order valence-electron chi connectivity index (χ4n) is 3.02. The van der Waals surface area contributed by atoms with Crippen LogP contribution in [0.4, 0.5) is 5.69 Å². The van der Waals surface area contributed by atoms with Crippen molar-refractivity contribution in [1.29, 1.82) is 0 Å². The van der Waals surface area contributed by atoms with Crippen molar-refractivity contribution in [1.82, 2.24) is 4.90 Å². The molecule has 0 bridgehead atoms. The fraction of sp³-hybridized carbons (Fsp3) is 0.600. The average molecular weight is 325 g/mol. The van der Waals surface area contributed by atoms with Crippen LogP contribution in [0, 0.1) is 5.92 Å². The largest absolute Gasteiger partial charge is 0.379 e. The molecule has 2 heterocycles. The molecule has 1 aromatic carbocycles. The molecule has 0 amide bonds. The molecular weight excluding hydrogens is 304 g/mol. The van der Waals surface area contributed by atoms with Crippen LogP contribution in [0.25, 0.3) is 0 Å². The van der Waals surface area contributed by atoms with E-state index in [-0.39, 0.29) is 0 Å². The van der Waals surface area contributed by atoms with Gasteiger partial charge in [-0.15, -0.1) is 0 Å². The van der Waals surface area contributed by atoms with Crippen LogP contribution in [0.2, 0.25) is 0 Å². The monoisotopic (exact) mass is 324 g/mol. The molecule has 2 saturated heterocycles. The molecule has 2 fully saturated rings. The molecule has 2 aliphatic rings. The fourth-order valence-corrected chi connectivity index (χ4v) is 3.28. The number of rotatable bonds is 3. The van der Waals surface area contributed by atoms with Crippen LogP contribution < -0.4 is 4.90 Å². The Morgan fingerprint density at radius 1 is 1.11 bits per heavy atom. The number of nitrogens with zero attached hydrogens (tertiary/aromatic N) is 2. The zero-order valence-electron chi connectivity index (χ0n) is 11.2. The molecule has 1 unspecified atom stereocenters. The highest BCUT2D eigenvalue weighted by atomic mass is 79.9. The summed E-state index contributed by atoms with van der Waals surface area (Å²) in [4.78, 5) is 5.07. The van der Waals surface area contributed by atoms with Crippen LogP contribution in [0.5, 0.6) is 0 Å². The second kappa shape index (κ2) is 6.25. The SMILES string of the molecule is Brc1ccc(N2CCC(CN3CCOCC3)C2)cc1. The van der Waals surface area contributed by atoms with Crippen molar-refractivity contribution in [2.24, 2.45) is 5.92 Å². The molecule has 3 rings (SSSR count). The maximum atomic E-state index is 5.41. The van der Waals surface area contributed by atoms with Crippen molar-refractivity contribution < 1.29 is 4.74 Å². The summed E-state index contributed by atoms with van der Waals surface area (Å²) in [5, 5.41) is 0. The summed E-state index contributed by atoms with van der Waals surface area (Å²) >= 11 is 3.49. The minimum absolute atomic E-state index is 0.807. The first kappa shape index (κ1) is 13.4. The van der Waals surface area contributed by atoms with Crippen LogP contribution in [0.3, 0.4) is 0 Å². The average Bonchev–Trinajstić information content (AvgIpc) is 2.89. The van der Waals surface area contributed by atoms with E-state index in [4.69, 9.17) is 4.74 Å². The van der Waals surface area contributed by atoms with Crippen molar-refractivity contribution in [2.45, 2.75) is 6.42 Å². The van der Waals surface area contributed by atoms with E-state index in [9.17, 15) is 0 Å². The minimum atomic E-state index is 0.807. The summed E-state index contributed by atoms with van der Waals surface area (Å²) in [5.74, 6) is 0.807. The van der Waals surface area contributed by atoms with Crippen molar-refractivity contribution in [3.8, 4) is 0 Å². The number of morpholine rings is 1. The highest BCUT2D eigenvalue weighted by molar-refractivity contribution is 9.10. The normalized spacial score (nSPS) is 24.9. The van der Waals surface area contributed by atoms with Gasteiger partial charge in [-0.25, -0.2) is 0 Å². The molecule has 1 atom stereocenters. The van der Waals surface area contributed by atoms with Gasteiger partial charge in [-0.1, -0.05) is 15.9 Å². The highest BCUT2D eigenvalue weighted by Crippen LogP contribution is 2.25. The molecule has 104 valence electrons. The van der Waals surface area contributed by atoms with E-state index in [0.29, 0.717) is 0 Å². The predicted molar refractivity (Wildman–Crippen MR) is 81.7 cm³/mol. The van der Waals surface area contributed by atoms with Crippen LogP contribution in [-0.4, -0.2) is 50.8 Å². The lowest BCUT2D eigenvalue weighted by atomic mass is 10.1. The molecule has 0 spiro atoms. The number of ether oxygens (including phenoxy) is 1. The first-order chi connectivity index (χ1) is 9.31. The Labute approximate surface area is 123 Å². The molecule has 4 heteroatoms. The van der Waals surface area contributed by atoms with Gasteiger partial charge in [0.25, 0.3) is 0 Å². The Morgan fingerprint density at radius 3 is 2.58 bits per heavy atom. The van der Waals surface area contributed by atoms with Gasteiger partial charge >= 0.3 is 0 Å². The summed E-state index contributed by atoms with van der Waals surface area (Å²) in [6, 6.07) is 8.68. The Balaban J connectivity index is 1.53. The lowest BCUT2D eigenvalue weighted by Crippen LogP contribution is -2.39. The second-order valence-corrected chi connectivity index (χ2v) is 6.41. The highest BCUT2D eigenvalue weighted by Gasteiger charge is 2.25. The van der Waals surface area contributed by atoms with Crippen molar-refractivity contribution in [2.75, 3.05) is 50.8 Å². The van der Waals surface area contributed by atoms with E-state index in [1.54, 1.807) is 0 Å². The van der Waals surface area contributed by atoms with E-state index in [1.165, 1.54) is 31.7 Å². The van der Waals surface area contributed by atoms with E-state index in [2.05, 4.69) is 50.0 Å². The molecular formula is C15H21BrN2O. The maximum absolute atomic E-state index is 5.41. The minimum Gasteiger partial charge on any atom is -0.379 e. The third-order valence-corrected chi connectivity index (χ3v) is 4.63. The molecule has 19 heavy (non-hydrogen) atoms. The van der Waals surface area contributed by atoms with Gasteiger partial charge in [0.1, 0.15) is 0 Å². The third kappa shape index (κ3) is 3.50. The van der Waals surface area contributed by atoms with E-state index >= 15 is 0 Å². The smallest absolute Gasteiger partial charge is 0.0594 e. The molecule has 0 radical (unpaired) electrons. The lowest BCUT2D eigenvalue weighted by molar-refractivity contribution is 0.0320. The Bertz CT molecular complexity index is 403. The number of hydrogen-bond donors (Lipinski definition) is 0. The quantitative estimate of drug-likeness (QED) is 0.850. The van der Waals surface area contributed by atoms with Crippen molar-refractivity contribution in [3.63, 3.8) is 0 Å². The van der Waals surface area contributed by atoms with E-state index in [1.807, 2.05) is 0 Å². The number of anilines is 1. The van der Waals surface area contributed by atoms with Gasteiger partial charge < -0.3 is 9.64 Å². The predicted octanol–water partition coefficient (Wildman–Crippen LogP) is 2.61. The van der Waals surface area contributed by atoms with Gasteiger partial charge in [0.15, 0.2) is 0 Å². The van der Waals surface area contributed by atoms with Gasteiger partial charge in [-0.2, -0.15) is 0 Å². The molecule has 0 N–H and O–H groups in total. The first-order valence-corrected chi connectivity index (χ1v) is 7.91. The molecule has 0 aromatic heterocycles. The van der Waals surface area contributed by atoms with E-state index in [0.717, 1.165) is 36.7 Å². The zero-order valence-corrected chi connectivity index (χ0v) is 12.8. The van der Waals surface area contributed by atoms with Crippen molar-refractivity contribution in [3.05, 3.63) is 28.7 Å². The molecule has 3 nitrogen and oxygen atoms in total. The summed E-state index contributed by atoms with van der Waals surface area (Å²) in [6.45, 7) is 7.64. The third-order valence-electron chi connectivity index (χ3n) is 4.10. The molecule has 0 saturated carbocycles. The summed E-state index contributed by atoms with van der Waals surface area (Å²) in [6.07, 6.45) is 1.31. The Hall–Kier alpha value is -0.580. The first-order valence-electron chi connectivity index (χ1n) is 7.12. The van der Waals surface area contributed by atoms with Gasteiger partial charge in [-0.05, 0) is 36.6 Å². The molecule has 0 aliphatic carbocycles. The van der Waals surface area contributed by atoms with Crippen LogP contribution in [0.1, 0.15) is 6.42 Å². The van der Waals surface area contributed by atoms with Gasteiger partial charge in [0.2, 0.25) is 0 Å². The zero-order chi connectivity index (χ0) is 13.1. The summed E-state index contributed by atoms with van der Waals surface area (Å²) in [5.41, 5.74) is 1.35. The van der Waals surface area contributed by atoms with Crippen LogP contribution in [-0.2, 0) is 4.74 Å². The second-order valence-electron chi connectivity index (χ2n) is 5.49. The summed E-state index contributed by atoms with van der Waals surface area (Å²) in [7, 11) is 0. The number of hydrogen-bond acceptors (Lipinski definition) is 3. The van der Waals surface area contributed by atoms with E-state index < -0.39 is 0 Å². The van der Waals surface area contributed by atoms with Gasteiger partial charge in [-0.3, -0.25) is 4.90 Å². The molecule has 2 aliphatic heterocycles. The van der Waals surface area contributed by atoms with Gasteiger partial charge in [0, 0.05) is 42.9 Å². The van der Waals surface area contributed by atoms with Crippen LogP contribution in [0.15, 0.2) is 28.7 Å². The molecule has 1 aromatic rings. The standard InChI is InChI=1S/C15H21BrN2O/c16-14-1-3-15(4-2-14)18-6-5-13(12-18)11-17-7-9-19-10-8-17/h1-4,13H,5-12H2. The van der Waals surface area contributed by atoms with Crippen molar-refractivity contribution >= 4 is 21.6 Å². The number of benzene rings is 1. The topological polar surface area (TPSA) is 15.7 Å².